The van der Waals surface area contributed by atoms with E-state index in [0.717, 1.165) is 13.1 Å². The second kappa shape index (κ2) is 11.9. The Balaban J connectivity index is 0. The van der Waals surface area contributed by atoms with Crippen molar-refractivity contribution in [1.29, 1.82) is 0 Å². The summed E-state index contributed by atoms with van der Waals surface area (Å²) in [6.07, 6.45) is 2.54. The SMILES string of the molecule is CCN(CCNC(=O)CNC(=O)[C@@H](N)C(C)C)C1CC1.Cl.Cl. The molecule has 1 atom stereocenters. The Bertz CT molecular complexity index is 339. The summed E-state index contributed by atoms with van der Waals surface area (Å²) in [7, 11) is 0. The third kappa shape index (κ3) is 8.78. The Morgan fingerprint density at radius 3 is 2.27 bits per heavy atom. The maximum atomic E-state index is 11.6. The number of carbonyl (C=O) groups excluding carboxylic acids is 2. The number of likely N-dealkylation sites (N-methyl/N-ethyl adjacent to an activating group) is 1. The van der Waals surface area contributed by atoms with Crippen molar-refractivity contribution in [2.45, 2.75) is 45.7 Å². The van der Waals surface area contributed by atoms with Gasteiger partial charge in [0.15, 0.2) is 0 Å². The van der Waals surface area contributed by atoms with E-state index in [0.29, 0.717) is 12.6 Å². The summed E-state index contributed by atoms with van der Waals surface area (Å²) in [5.74, 6) is -0.376. The van der Waals surface area contributed by atoms with Gasteiger partial charge in [-0.1, -0.05) is 20.8 Å². The molecule has 0 spiro atoms. The van der Waals surface area contributed by atoms with Gasteiger partial charge in [0, 0.05) is 19.1 Å². The molecule has 0 aliphatic heterocycles. The summed E-state index contributed by atoms with van der Waals surface area (Å²) in [6, 6.07) is 0.147. The third-order valence-electron chi connectivity index (χ3n) is 3.63. The van der Waals surface area contributed by atoms with Crippen molar-refractivity contribution in [2.75, 3.05) is 26.2 Å². The highest BCUT2D eigenvalue weighted by molar-refractivity contribution is 5.87. The largest absolute Gasteiger partial charge is 0.353 e. The van der Waals surface area contributed by atoms with Crippen LogP contribution in [0.15, 0.2) is 0 Å². The third-order valence-corrected chi connectivity index (χ3v) is 3.63. The standard InChI is InChI=1S/C14H28N4O2.2ClH/c1-4-18(11-5-6-11)8-7-16-12(19)9-17-14(20)13(15)10(2)3;;/h10-11,13H,4-9,15H2,1-3H3,(H,16,19)(H,17,20);2*1H/t13-;;/m0../s1. The zero-order valence-corrected chi connectivity index (χ0v) is 15.3. The predicted molar refractivity (Wildman–Crippen MR) is 93.6 cm³/mol. The Hall–Kier alpha value is -0.560. The van der Waals surface area contributed by atoms with Crippen molar-refractivity contribution < 1.29 is 9.59 Å². The molecule has 132 valence electrons. The molecule has 0 aromatic rings. The Morgan fingerprint density at radius 1 is 1.23 bits per heavy atom. The van der Waals surface area contributed by atoms with E-state index in [1.807, 2.05) is 13.8 Å². The van der Waals surface area contributed by atoms with Gasteiger partial charge in [-0.15, -0.1) is 24.8 Å². The van der Waals surface area contributed by atoms with Crippen molar-refractivity contribution in [3.63, 3.8) is 0 Å². The zero-order valence-electron chi connectivity index (χ0n) is 13.6. The van der Waals surface area contributed by atoms with Crippen LogP contribution < -0.4 is 16.4 Å². The van der Waals surface area contributed by atoms with E-state index in [-0.39, 0.29) is 49.1 Å². The molecule has 0 unspecified atom stereocenters. The monoisotopic (exact) mass is 356 g/mol. The molecule has 2 amide bonds. The molecule has 0 bridgehead atoms. The first kappa shape index (κ1) is 23.7. The lowest BCUT2D eigenvalue weighted by atomic mass is 10.1. The minimum atomic E-state index is -0.562. The van der Waals surface area contributed by atoms with Gasteiger partial charge in [0.05, 0.1) is 12.6 Å². The van der Waals surface area contributed by atoms with Gasteiger partial charge in [0.2, 0.25) is 11.8 Å². The molecule has 0 radical (unpaired) electrons. The smallest absolute Gasteiger partial charge is 0.239 e. The number of halogens is 2. The van der Waals surface area contributed by atoms with Crippen LogP contribution in [0.3, 0.4) is 0 Å². The van der Waals surface area contributed by atoms with Gasteiger partial charge in [0.25, 0.3) is 0 Å². The molecule has 0 heterocycles. The number of nitrogens with zero attached hydrogens (tertiary/aromatic N) is 1. The van der Waals surface area contributed by atoms with Crippen LogP contribution in [0.1, 0.15) is 33.6 Å². The van der Waals surface area contributed by atoms with Crippen molar-refractivity contribution in [3.8, 4) is 0 Å². The highest BCUT2D eigenvalue weighted by Gasteiger charge is 2.27. The van der Waals surface area contributed by atoms with Crippen LogP contribution in [0.5, 0.6) is 0 Å². The number of carbonyl (C=O) groups is 2. The second-order valence-corrected chi connectivity index (χ2v) is 5.70. The zero-order chi connectivity index (χ0) is 15.1. The van der Waals surface area contributed by atoms with E-state index in [1.54, 1.807) is 0 Å². The molecule has 1 aliphatic carbocycles. The van der Waals surface area contributed by atoms with Crippen LogP contribution in [0.25, 0.3) is 0 Å². The molecule has 1 rings (SSSR count). The van der Waals surface area contributed by atoms with E-state index in [1.165, 1.54) is 12.8 Å². The normalized spacial score (nSPS) is 14.8. The first-order valence-electron chi connectivity index (χ1n) is 7.49. The fourth-order valence-electron chi connectivity index (χ4n) is 2.03. The summed E-state index contributed by atoms with van der Waals surface area (Å²) >= 11 is 0. The van der Waals surface area contributed by atoms with Gasteiger partial charge in [-0.3, -0.25) is 14.5 Å². The Labute approximate surface area is 145 Å². The highest BCUT2D eigenvalue weighted by Crippen LogP contribution is 2.25. The van der Waals surface area contributed by atoms with Crippen molar-refractivity contribution in [1.82, 2.24) is 15.5 Å². The minimum Gasteiger partial charge on any atom is -0.353 e. The maximum Gasteiger partial charge on any atom is 0.239 e. The van der Waals surface area contributed by atoms with E-state index < -0.39 is 6.04 Å². The molecule has 0 aromatic carbocycles. The topological polar surface area (TPSA) is 87.5 Å². The number of amides is 2. The van der Waals surface area contributed by atoms with Crippen LogP contribution in [-0.4, -0.2) is 55.0 Å². The number of nitrogens with one attached hydrogen (secondary N) is 2. The van der Waals surface area contributed by atoms with Crippen LogP contribution in [0.2, 0.25) is 0 Å². The van der Waals surface area contributed by atoms with Crippen molar-refractivity contribution >= 4 is 36.6 Å². The van der Waals surface area contributed by atoms with E-state index in [4.69, 9.17) is 5.73 Å². The predicted octanol–water partition coefficient (Wildman–Crippen LogP) is 0.530. The van der Waals surface area contributed by atoms with Gasteiger partial charge in [-0.25, -0.2) is 0 Å². The lowest BCUT2D eigenvalue weighted by Crippen LogP contribution is -2.47. The molecular weight excluding hydrogens is 327 g/mol. The molecule has 6 nitrogen and oxygen atoms in total. The molecule has 0 aromatic heterocycles. The lowest BCUT2D eigenvalue weighted by molar-refractivity contribution is -0.127. The van der Waals surface area contributed by atoms with Gasteiger partial charge in [-0.05, 0) is 25.3 Å². The Morgan fingerprint density at radius 2 is 1.82 bits per heavy atom. The van der Waals surface area contributed by atoms with Gasteiger partial charge in [0.1, 0.15) is 0 Å². The molecular formula is C14H30Cl2N4O2. The van der Waals surface area contributed by atoms with Crippen LogP contribution in [0, 0.1) is 5.92 Å². The van der Waals surface area contributed by atoms with E-state index in [2.05, 4.69) is 22.5 Å². The summed E-state index contributed by atoms with van der Waals surface area (Å²) < 4.78 is 0. The van der Waals surface area contributed by atoms with E-state index >= 15 is 0 Å². The van der Waals surface area contributed by atoms with E-state index in [9.17, 15) is 9.59 Å². The molecule has 22 heavy (non-hydrogen) atoms. The fourth-order valence-corrected chi connectivity index (χ4v) is 2.03. The highest BCUT2D eigenvalue weighted by atomic mass is 35.5. The van der Waals surface area contributed by atoms with Gasteiger partial charge < -0.3 is 16.4 Å². The average molecular weight is 357 g/mol. The maximum absolute atomic E-state index is 11.6. The first-order valence-corrected chi connectivity index (χ1v) is 7.49. The summed E-state index contributed by atoms with van der Waals surface area (Å²) in [6.45, 7) is 8.38. The number of hydrogen-bond acceptors (Lipinski definition) is 4. The number of nitrogens with two attached hydrogens (primary N) is 1. The van der Waals surface area contributed by atoms with Crippen LogP contribution in [-0.2, 0) is 9.59 Å². The molecule has 8 heteroatoms. The molecule has 0 saturated heterocycles. The minimum absolute atomic E-state index is 0. The molecule has 1 aliphatic rings. The number of rotatable bonds is 9. The average Bonchev–Trinajstić information content (AvgIpc) is 3.24. The Kier molecular flexibility index (Phi) is 12.9. The summed E-state index contributed by atoms with van der Waals surface area (Å²) in [5.41, 5.74) is 5.69. The second-order valence-electron chi connectivity index (χ2n) is 5.70. The van der Waals surface area contributed by atoms with Gasteiger partial charge in [-0.2, -0.15) is 0 Å². The van der Waals surface area contributed by atoms with Crippen molar-refractivity contribution in [3.05, 3.63) is 0 Å². The van der Waals surface area contributed by atoms with Crippen LogP contribution in [0.4, 0.5) is 0 Å². The van der Waals surface area contributed by atoms with Gasteiger partial charge >= 0.3 is 0 Å². The summed E-state index contributed by atoms with van der Waals surface area (Å²) in [5, 5.41) is 5.38. The summed E-state index contributed by atoms with van der Waals surface area (Å²) in [4.78, 5) is 25.6. The fraction of sp³-hybridized carbons (Fsp3) is 0.857. The first-order chi connectivity index (χ1) is 9.45. The quantitative estimate of drug-likeness (QED) is 0.562. The lowest BCUT2D eigenvalue weighted by Gasteiger charge is -2.20. The van der Waals surface area contributed by atoms with Crippen LogP contribution >= 0.6 is 24.8 Å². The van der Waals surface area contributed by atoms with Crippen molar-refractivity contribution in [2.24, 2.45) is 11.7 Å². The molecule has 1 fully saturated rings. The number of hydrogen-bond donors (Lipinski definition) is 3. The molecule has 4 N–H and O–H groups in total. The molecule has 1 saturated carbocycles.